The molecule has 0 aliphatic carbocycles. The molecule has 1 unspecified atom stereocenters. The normalized spacial score (nSPS) is 19.4. The van der Waals surface area contributed by atoms with E-state index in [4.69, 9.17) is 4.74 Å². The minimum Gasteiger partial charge on any atom is -1.00 e. The van der Waals surface area contributed by atoms with Gasteiger partial charge in [-0.1, -0.05) is 18.2 Å². The molecule has 2 nitrogen and oxygen atoms in total. The van der Waals surface area contributed by atoms with E-state index in [0.717, 1.165) is 5.56 Å². The molecule has 1 atom stereocenters. The summed E-state index contributed by atoms with van der Waals surface area (Å²) in [4.78, 5) is 11.0. The first-order valence-electron chi connectivity index (χ1n) is 3.23. The van der Waals surface area contributed by atoms with E-state index < -0.39 is 0 Å². The Morgan fingerprint density at radius 3 is 2.75 bits per heavy atom. The Balaban J connectivity index is 0.000000720. The molecule has 0 aromatic heterocycles. The van der Waals surface area contributed by atoms with Crippen molar-refractivity contribution in [3.8, 4) is 0 Å². The predicted molar refractivity (Wildman–Crippen MR) is 49.7 cm³/mol. The van der Waals surface area contributed by atoms with Gasteiger partial charge in [0.25, 0.3) is 0 Å². The van der Waals surface area contributed by atoms with E-state index in [2.05, 4.69) is 22.6 Å². The van der Waals surface area contributed by atoms with Crippen LogP contribution in [0.25, 0.3) is 0 Å². The SMILES string of the molecule is O=C1OC(I)c2ccccc21.[H-].[Na+]. The Morgan fingerprint density at radius 1 is 1.42 bits per heavy atom. The zero-order valence-corrected chi connectivity index (χ0v) is 10.7. The van der Waals surface area contributed by atoms with Gasteiger partial charge in [-0.15, -0.1) is 0 Å². The van der Waals surface area contributed by atoms with Crippen molar-refractivity contribution in [1.29, 1.82) is 0 Å². The van der Waals surface area contributed by atoms with E-state index in [0.29, 0.717) is 5.56 Å². The molecule has 0 saturated carbocycles. The Hall–Kier alpha value is 0.420. The Morgan fingerprint density at radius 2 is 2.08 bits per heavy atom. The third-order valence-electron chi connectivity index (χ3n) is 1.64. The summed E-state index contributed by atoms with van der Waals surface area (Å²) in [7, 11) is 0. The number of carbonyl (C=O) groups is 1. The van der Waals surface area contributed by atoms with Crippen molar-refractivity contribution in [1.82, 2.24) is 0 Å². The molecule has 58 valence electrons. The number of cyclic esters (lactones) is 1. The van der Waals surface area contributed by atoms with Gasteiger partial charge in [0.1, 0.15) is 0 Å². The van der Waals surface area contributed by atoms with E-state index in [-0.39, 0.29) is 41.1 Å². The fourth-order valence-corrected chi connectivity index (χ4v) is 1.88. The van der Waals surface area contributed by atoms with Gasteiger partial charge in [-0.2, -0.15) is 0 Å². The molecule has 1 aliphatic rings. The Bertz CT molecular complexity index is 319. The zero-order chi connectivity index (χ0) is 7.84. The van der Waals surface area contributed by atoms with Gasteiger partial charge in [0.15, 0.2) is 4.11 Å². The fourth-order valence-electron chi connectivity index (χ4n) is 1.10. The number of halogens is 1. The molecule has 4 heteroatoms. The third-order valence-corrected chi connectivity index (χ3v) is 2.56. The van der Waals surface area contributed by atoms with Gasteiger partial charge in [0, 0.05) is 5.56 Å². The number of ether oxygens (including phenoxy) is 1. The summed E-state index contributed by atoms with van der Waals surface area (Å²) in [5.74, 6) is -0.208. The third kappa shape index (κ3) is 1.69. The van der Waals surface area contributed by atoms with E-state index in [1.54, 1.807) is 6.07 Å². The van der Waals surface area contributed by atoms with Gasteiger partial charge in [-0.05, 0) is 28.7 Å². The van der Waals surface area contributed by atoms with Crippen LogP contribution in [0.4, 0.5) is 0 Å². The molecule has 0 spiro atoms. The second kappa shape index (κ2) is 4.09. The minimum atomic E-state index is -0.208. The largest absolute Gasteiger partial charge is 1.00 e. The maximum absolute atomic E-state index is 11.0. The average molecular weight is 284 g/mol. The molecule has 1 heterocycles. The Kier molecular flexibility index (Phi) is 3.58. The summed E-state index contributed by atoms with van der Waals surface area (Å²) in [6.45, 7) is 0. The number of benzene rings is 1. The standard InChI is InChI=1S/C8H5IO2.Na.H/c9-7-5-3-1-2-4-6(5)8(10)11-7;;/h1-4,7H;;/q;+1;-1. The Labute approximate surface area is 108 Å². The molecule has 0 radical (unpaired) electrons. The molecule has 0 amide bonds. The molecular formula is C8H6INaO2. The second-order valence-corrected chi connectivity index (χ2v) is 3.44. The van der Waals surface area contributed by atoms with Crippen LogP contribution in [0.2, 0.25) is 0 Å². The molecule has 1 aromatic rings. The summed E-state index contributed by atoms with van der Waals surface area (Å²) in [5.41, 5.74) is 1.69. The summed E-state index contributed by atoms with van der Waals surface area (Å²) >= 11 is 2.10. The zero-order valence-electron chi connectivity index (χ0n) is 7.58. The number of carbonyl (C=O) groups excluding carboxylic acids is 1. The van der Waals surface area contributed by atoms with Crippen LogP contribution in [0.1, 0.15) is 21.5 Å². The van der Waals surface area contributed by atoms with Crippen LogP contribution in [0.5, 0.6) is 0 Å². The number of rotatable bonds is 0. The van der Waals surface area contributed by atoms with Crippen LogP contribution in [0.15, 0.2) is 24.3 Å². The summed E-state index contributed by atoms with van der Waals surface area (Å²) in [6.07, 6.45) is 0. The molecule has 0 saturated heterocycles. The average Bonchev–Trinajstić information content (AvgIpc) is 2.30. The van der Waals surface area contributed by atoms with Crippen molar-refractivity contribution in [3.63, 3.8) is 0 Å². The van der Waals surface area contributed by atoms with Crippen molar-refractivity contribution in [3.05, 3.63) is 35.4 Å². The molecule has 1 aliphatic heterocycles. The monoisotopic (exact) mass is 284 g/mol. The summed E-state index contributed by atoms with van der Waals surface area (Å²) < 4.78 is 4.88. The van der Waals surface area contributed by atoms with Gasteiger partial charge < -0.3 is 6.16 Å². The van der Waals surface area contributed by atoms with Crippen LogP contribution in [-0.4, -0.2) is 5.97 Å². The first-order valence-corrected chi connectivity index (χ1v) is 4.47. The van der Waals surface area contributed by atoms with Crippen LogP contribution in [-0.2, 0) is 4.74 Å². The van der Waals surface area contributed by atoms with Crippen molar-refractivity contribution in [2.75, 3.05) is 0 Å². The molecule has 0 N–H and O–H groups in total. The van der Waals surface area contributed by atoms with Crippen LogP contribution in [0, 0.1) is 0 Å². The van der Waals surface area contributed by atoms with Crippen LogP contribution in [0.3, 0.4) is 0 Å². The van der Waals surface area contributed by atoms with E-state index in [9.17, 15) is 4.79 Å². The topological polar surface area (TPSA) is 26.3 Å². The van der Waals surface area contributed by atoms with Gasteiger partial charge >= 0.3 is 35.5 Å². The van der Waals surface area contributed by atoms with Gasteiger partial charge in [-0.3, -0.25) is 0 Å². The molecule has 0 fully saturated rings. The summed E-state index contributed by atoms with van der Waals surface area (Å²) in [6, 6.07) is 7.45. The molecule has 0 bridgehead atoms. The van der Waals surface area contributed by atoms with Crippen LogP contribution < -0.4 is 29.6 Å². The first kappa shape index (κ1) is 10.5. The number of esters is 1. The van der Waals surface area contributed by atoms with Gasteiger partial charge in [-0.25, -0.2) is 4.79 Å². The molecular weight excluding hydrogens is 278 g/mol. The number of fused-ring (bicyclic) bond motifs is 1. The van der Waals surface area contributed by atoms with Crippen molar-refractivity contribution >= 4 is 28.6 Å². The number of hydrogen-bond acceptors (Lipinski definition) is 2. The first-order chi connectivity index (χ1) is 5.29. The van der Waals surface area contributed by atoms with Crippen molar-refractivity contribution in [2.45, 2.75) is 4.11 Å². The summed E-state index contributed by atoms with van der Waals surface area (Å²) in [5, 5.41) is 0. The van der Waals surface area contributed by atoms with Crippen LogP contribution >= 0.6 is 22.6 Å². The van der Waals surface area contributed by atoms with Gasteiger partial charge in [0.05, 0.1) is 5.56 Å². The molecule has 2 rings (SSSR count). The van der Waals surface area contributed by atoms with E-state index in [1.807, 2.05) is 18.2 Å². The number of alkyl halides is 1. The van der Waals surface area contributed by atoms with Gasteiger partial charge in [0.2, 0.25) is 0 Å². The predicted octanol–water partition coefficient (Wildman–Crippen LogP) is -0.593. The van der Waals surface area contributed by atoms with Crippen molar-refractivity contribution in [2.24, 2.45) is 0 Å². The second-order valence-electron chi connectivity index (χ2n) is 2.31. The smallest absolute Gasteiger partial charge is 1.00 e. The number of hydrogen-bond donors (Lipinski definition) is 0. The molecule has 12 heavy (non-hydrogen) atoms. The quantitative estimate of drug-likeness (QED) is 0.275. The van der Waals surface area contributed by atoms with E-state index in [1.165, 1.54) is 0 Å². The molecule has 1 aromatic carbocycles. The maximum Gasteiger partial charge on any atom is 1.00 e. The van der Waals surface area contributed by atoms with Crippen molar-refractivity contribution < 1.29 is 40.5 Å². The fraction of sp³-hybridized carbons (Fsp3) is 0.125. The van der Waals surface area contributed by atoms with E-state index >= 15 is 0 Å². The maximum atomic E-state index is 11.0. The minimum absolute atomic E-state index is 0.